The molecule has 0 aliphatic heterocycles. The van der Waals surface area contributed by atoms with Crippen LogP contribution >= 0.6 is 11.3 Å². The van der Waals surface area contributed by atoms with Crippen molar-refractivity contribution >= 4 is 21.4 Å². The normalized spacial score (nSPS) is 12.0. The number of aryl methyl sites for hydroxylation is 1. The molecule has 0 amide bonds. The van der Waals surface area contributed by atoms with Crippen LogP contribution in [0.1, 0.15) is 16.8 Å². The van der Waals surface area contributed by atoms with Crippen LogP contribution in [0.3, 0.4) is 0 Å². The van der Waals surface area contributed by atoms with Crippen molar-refractivity contribution in [2.45, 2.75) is 24.8 Å². The standard InChI is InChI=1S/C16H18N4O2S2/c1-3-14-9-17-16(23-14)12-19(2)24(21,22)15-10-18-20(11-15)13-7-5-4-6-8-13/h4-11H,3,12H2,1-2H3. The predicted molar refractivity (Wildman–Crippen MR) is 93.7 cm³/mol. The van der Waals surface area contributed by atoms with Crippen LogP contribution in [0.4, 0.5) is 0 Å². The van der Waals surface area contributed by atoms with E-state index in [0.717, 1.165) is 22.0 Å². The minimum Gasteiger partial charge on any atom is -0.248 e. The summed E-state index contributed by atoms with van der Waals surface area (Å²) >= 11 is 1.54. The number of aromatic nitrogens is 3. The second kappa shape index (κ2) is 6.84. The van der Waals surface area contributed by atoms with Crippen molar-refractivity contribution in [3.63, 3.8) is 0 Å². The summed E-state index contributed by atoms with van der Waals surface area (Å²) in [4.78, 5) is 5.59. The molecule has 0 atom stereocenters. The molecule has 6 nitrogen and oxygen atoms in total. The van der Waals surface area contributed by atoms with Crippen molar-refractivity contribution in [1.29, 1.82) is 0 Å². The van der Waals surface area contributed by atoms with E-state index in [4.69, 9.17) is 0 Å². The molecule has 0 N–H and O–H groups in total. The highest BCUT2D eigenvalue weighted by Gasteiger charge is 2.24. The van der Waals surface area contributed by atoms with Crippen molar-refractivity contribution in [1.82, 2.24) is 19.1 Å². The summed E-state index contributed by atoms with van der Waals surface area (Å²) in [5.74, 6) is 0. The first-order valence-corrected chi connectivity index (χ1v) is 9.76. The average Bonchev–Trinajstić information content (AvgIpc) is 3.25. The van der Waals surface area contributed by atoms with Gasteiger partial charge in [0.25, 0.3) is 0 Å². The first-order chi connectivity index (χ1) is 11.5. The first-order valence-electron chi connectivity index (χ1n) is 7.50. The third kappa shape index (κ3) is 3.40. The molecule has 0 saturated carbocycles. The van der Waals surface area contributed by atoms with Crippen molar-refractivity contribution in [2.75, 3.05) is 7.05 Å². The van der Waals surface area contributed by atoms with Crippen LogP contribution in [0.25, 0.3) is 5.69 Å². The monoisotopic (exact) mass is 362 g/mol. The fraction of sp³-hybridized carbons (Fsp3) is 0.250. The number of nitrogens with zero attached hydrogens (tertiary/aromatic N) is 4. The smallest absolute Gasteiger partial charge is 0.246 e. The zero-order valence-corrected chi connectivity index (χ0v) is 15.1. The van der Waals surface area contributed by atoms with E-state index in [1.165, 1.54) is 28.0 Å². The molecule has 0 radical (unpaired) electrons. The maximum Gasteiger partial charge on any atom is 0.246 e. The zero-order valence-electron chi connectivity index (χ0n) is 13.5. The summed E-state index contributed by atoms with van der Waals surface area (Å²) in [7, 11) is -2.05. The van der Waals surface area contributed by atoms with E-state index in [1.807, 2.05) is 30.3 Å². The maximum atomic E-state index is 12.7. The van der Waals surface area contributed by atoms with Gasteiger partial charge in [0, 0.05) is 18.1 Å². The van der Waals surface area contributed by atoms with Crippen LogP contribution in [0.2, 0.25) is 0 Å². The zero-order chi connectivity index (χ0) is 17.2. The Morgan fingerprint density at radius 2 is 1.96 bits per heavy atom. The van der Waals surface area contributed by atoms with Gasteiger partial charge in [-0.2, -0.15) is 9.40 Å². The SMILES string of the molecule is CCc1cnc(CN(C)S(=O)(=O)c2cnn(-c3ccccc3)c2)s1. The summed E-state index contributed by atoms with van der Waals surface area (Å²) in [6.07, 6.45) is 5.60. The largest absolute Gasteiger partial charge is 0.248 e. The van der Waals surface area contributed by atoms with Crippen LogP contribution in [-0.4, -0.2) is 34.5 Å². The molecule has 3 rings (SSSR count). The molecule has 126 valence electrons. The molecule has 0 aliphatic rings. The third-order valence-electron chi connectivity index (χ3n) is 3.60. The summed E-state index contributed by atoms with van der Waals surface area (Å²) in [5.41, 5.74) is 0.814. The quantitative estimate of drug-likeness (QED) is 0.676. The molecule has 0 fully saturated rings. The molecule has 2 aromatic heterocycles. The van der Waals surface area contributed by atoms with Crippen molar-refractivity contribution in [3.05, 3.63) is 58.8 Å². The van der Waals surface area contributed by atoms with Gasteiger partial charge in [0.2, 0.25) is 10.0 Å². The number of sulfonamides is 1. The Morgan fingerprint density at radius 3 is 2.62 bits per heavy atom. The fourth-order valence-electron chi connectivity index (χ4n) is 2.20. The van der Waals surface area contributed by atoms with Crippen LogP contribution in [0.15, 0.2) is 53.8 Å². The van der Waals surface area contributed by atoms with Crippen LogP contribution < -0.4 is 0 Å². The minimum atomic E-state index is -3.61. The lowest BCUT2D eigenvalue weighted by Gasteiger charge is -2.14. The van der Waals surface area contributed by atoms with E-state index in [-0.39, 0.29) is 11.4 Å². The number of rotatable bonds is 6. The van der Waals surface area contributed by atoms with Gasteiger partial charge in [-0.25, -0.2) is 18.1 Å². The maximum absolute atomic E-state index is 12.7. The van der Waals surface area contributed by atoms with Crippen molar-refractivity contribution in [2.24, 2.45) is 0 Å². The van der Waals surface area contributed by atoms with Gasteiger partial charge in [-0.15, -0.1) is 11.3 Å². The highest BCUT2D eigenvalue weighted by Crippen LogP contribution is 2.20. The Kier molecular flexibility index (Phi) is 4.79. The molecule has 0 spiro atoms. The number of hydrogen-bond donors (Lipinski definition) is 0. The summed E-state index contributed by atoms with van der Waals surface area (Å²) in [6, 6.07) is 9.40. The molecule has 8 heteroatoms. The van der Waals surface area contributed by atoms with Crippen molar-refractivity contribution < 1.29 is 8.42 Å². The molecular formula is C16H18N4O2S2. The summed E-state index contributed by atoms with van der Waals surface area (Å²) < 4.78 is 28.3. The van der Waals surface area contributed by atoms with E-state index in [1.54, 1.807) is 17.9 Å². The predicted octanol–water partition coefficient (Wildman–Crippen LogP) is 2.71. The topological polar surface area (TPSA) is 68.1 Å². The van der Waals surface area contributed by atoms with E-state index in [9.17, 15) is 8.42 Å². The Balaban J connectivity index is 1.81. The van der Waals surface area contributed by atoms with E-state index in [2.05, 4.69) is 17.0 Å². The fourth-order valence-corrected chi connectivity index (χ4v) is 4.26. The highest BCUT2D eigenvalue weighted by atomic mass is 32.2. The number of benzene rings is 1. The molecule has 0 aliphatic carbocycles. The minimum absolute atomic E-state index is 0.168. The Bertz CT molecular complexity index is 916. The van der Waals surface area contributed by atoms with Gasteiger partial charge in [0.1, 0.15) is 9.90 Å². The first kappa shape index (κ1) is 16.8. The van der Waals surface area contributed by atoms with Gasteiger partial charge in [0.15, 0.2) is 0 Å². The molecule has 3 aromatic rings. The van der Waals surface area contributed by atoms with Gasteiger partial charge in [0.05, 0.1) is 24.6 Å². The van der Waals surface area contributed by atoms with Crippen molar-refractivity contribution in [3.8, 4) is 5.69 Å². The van der Waals surface area contributed by atoms with Gasteiger partial charge in [-0.1, -0.05) is 25.1 Å². The Hall–Kier alpha value is -2.03. The molecule has 0 unspecified atom stereocenters. The van der Waals surface area contributed by atoms with Gasteiger partial charge in [-0.3, -0.25) is 0 Å². The Labute approximate surface area is 145 Å². The number of hydrogen-bond acceptors (Lipinski definition) is 5. The lowest BCUT2D eigenvalue weighted by Crippen LogP contribution is -2.26. The summed E-state index contributed by atoms with van der Waals surface area (Å²) in [5, 5.41) is 4.94. The number of para-hydroxylation sites is 1. The van der Waals surface area contributed by atoms with Gasteiger partial charge >= 0.3 is 0 Å². The number of thiazole rings is 1. The molecule has 1 aromatic carbocycles. The average molecular weight is 362 g/mol. The van der Waals surface area contributed by atoms with Crippen LogP contribution in [0.5, 0.6) is 0 Å². The second-order valence-corrected chi connectivity index (χ2v) is 8.54. The highest BCUT2D eigenvalue weighted by molar-refractivity contribution is 7.89. The van der Waals surface area contributed by atoms with Gasteiger partial charge < -0.3 is 0 Å². The molecular weight excluding hydrogens is 344 g/mol. The molecule has 0 saturated heterocycles. The van der Waals surface area contributed by atoms with E-state index >= 15 is 0 Å². The third-order valence-corrected chi connectivity index (χ3v) is 6.48. The second-order valence-electron chi connectivity index (χ2n) is 5.29. The van der Waals surface area contributed by atoms with Crippen LogP contribution in [0, 0.1) is 0 Å². The lowest BCUT2D eigenvalue weighted by atomic mass is 10.3. The lowest BCUT2D eigenvalue weighted by molar-refractivity contribution is 0.466. The molecule has 2 heterocycles. The van der Waals surface area contributed by atoms with E-state index < -0.39 is 10.0 Å². The van der Waals surface area contributed by atoms with Crippen LogP contribution in [-0.2, 0) is 23.0 Å². The summed E-state index contributed by atoms with van der Waals surface area (Å²) in [6.45, 7) is 2.30. The Morgan fingerprint density at radius 1 is 1.21 bits per heavy atom. The molecule has 0 bridgehead atoms. The van der Waals surface area contributed by atoms with Gasteiger partial charge in [-0.05, 0) is 18.6 Å². The van der Waals surface area contributed by atoms with E-state index in [0.29, 0.717) is 0 Å². The molecule has 24 heavy (non-hydrogen) atoms.